The number of methoxy groups -OCH3 is 1. The van der Waals surface area contributed by atoms with E-state index in [0.717, 1.165) is 18.0 Å². The molecule has 80 valence electrons. The van der Waals surface area contributed by atoms with Crippen LogP contribution >= 0.6 is 11.3 Å². The molecule has 0 saturated heterocycles. The summed E-state index contributed by atoms with van der Waals surface area (Å²) in [7, 11) is 1.69. The van der Waals surface area contributed by atoms with Crippen LogP contribution in [0.2, 0.25) is 0 Å². The highest BCUT2D eigenvalue weighted by Gasteiger charge is 2.08. The third-order valence-corrected chi connectivity index (χ3v) is 3.12. The van der Waals surface area contributed by atoms with Gasteiger partial charge < -0.3 is 10.1 Å². The van der Waals surface area contributed by atoms with Gasteiger partial charge in [0.1, 0.15) is 5.01 Å². The fraction of sp³-hybridized carbons (Fsp3) is 0.700. The maximum Gasteiger partial charge on any atom is 0.119 e. The summed E-state index contributed by atoms with van der Waals surface area (Å²) in [5, 5.41) is 4.48. The summed E-state index contributed by atoms with van der Waals surface area (Å²) < 4.78 is 5.03. The van der Waals surface area contributed by atoms with E-state index in [0.29, 0.717) is 12.6 Å². The second-order valence-corrected chi connectivity index (χ2v) is 4.41. The fourth-order valence-corrected chi connectivity index (χ4v) is 2.10. The Bertz CT molecular complexity index is 262. The van der Waals surface area contributed by atoms with Crippen molar-refractivity contribution in [3.8, 4) is 0 Å². The van der Waals surface area contributed by atoms with Crippen LogP contribution in [0.3, 0.4) is 0 Å². The monoisotopic (exact) mass is 214 g/mol. The Kier molecular flexibility index (Phi) is 5.07. The van der Waals surface area contributed by atoms with Gasteiger partial charge in [-0.15, -0.1) is 11.3 Å². The van der Waals surface area contributed by atoms with Gasteiger partial charge in [-0.05, 0) is 19.9 Å². The minimum atomic E-state index is 0.401. The van der Waals surface area contributed by atoms with E-state index in [1.54, 1.807) is 18.4 Å². The largest absolute Gasteiger partial charge is 0.378 e. The van der Waals surface area contributed by atoms with Gasteiger partial charge in [-0.25, -0.2) is 4.98 Å². The fourth-order valence-electron chi connectivity index (χ4n) is 1.18. The van der Waals surface area contributed by atoms with Gasteiger partial charge in [-0.1, -0.05) is 6.92 Å². The maximum atomic E-state index is 5.03. The van der Waals surface area contributed by atoms with Gasteiger partial charge in [0.25, 0.3) is 0 Å². The number of thiazole rings is 1. The summed E-state index contributed by atoms with van der Waals surface area (Å²) in [5.41, 5.74) is 0. The lowest BCUT2D eigenvalue weighted by Crippen LogP contribution is -2.18. The molecule has 1 heterocycles. The molecule has 0 radical (unpaired) electrons. The lowest BCUT2D eigenvalue weighted by molar-refractivity contribution is 0.184. The van der Waals surface area contributed by atoms with Crippen molar-refractivity contribution in [1.82, 2.24) is 10.3 Å². The summed E-state index contributed by atoms with van der Waals surface area (Å²) in [4.78, 5) is 5.57. The predicted molar refractivity (Wildman–Crippen MR) is 59.5 cm³/mol. The van der Waals surface area contributed by atoms with Gasteiger partial charge in [0.15, 0.2) is 0 Å². The molecular weight excluding hydrogens is 196 g/mol. The predicted octanol–water partition coefficient (Wildman–Crippen LogP) is 2.35. The first-order valence-corrected chi connectivity index (χ1v) is 5.76. The molecule has 0 amide bonds. The maximum absolute atomic E-state index is 5.03. The lowest BCUT2D eigenvalue weighted by atomic mass is 10.3. The van der Waals surface area contributed by atoms with E-state index >= 15 is 0 Å². The molecule has 1 N–H and O–H groups in total. The zero-order valence-corrected chi connectivity index (χ0v) is 9.86. The quantitative estimate of drug-likeness (QED) is 0.789. The first-order chi connectivity index (χ1) is 6.77. The molecule has 0 bridgehead atoms. The second kappa shape index (κ2) is 6.11. The number of aromatic nitrogens is 1. The molecule has 0 aliphatic heterocycles. The van der Waals surface area contributed by atoms with Crippen molar-refractivity contribution in [1.29, 1.82) is 0 Å². The van der Waals surface area contributed by atoms with Gasteiger partial charge in [-0.2, -0.15) is 0 Å². The van der Waals surface area contributed by atoms with E-state index in [1.165, 1.54) is 4.88 Å². The SMILES string of the molecule is CCCNC(C)c1cnc(COC)s1. The Morgan fingerprint density at radius 3 is 3.07 bits per heavy atom. The Morgan fingerprint density at radius 1 is 1.64 bits per heavy atom. The van der Waals surface area contributed by atoms with Crippen LogP contribution in [-0.2, 0) is 11.3 Å². The Morgan fingerprint density at radius 2 is 2.43 bits per heavy atom. The zero-order valence-electron chi connectivity index (χ0n) is 9.04. The Hall–Kier alpha value is -0.450. The van der Waals surface area contributed by atoms with Crippen LogP contribution in [0, 0.1) is 0 Å². The van der Waals surface area contributed by atoms with Crippen molar-refractivity contribution in [3.05, 3.63) is 16.1 Å². The number of nitrogens with one attached hydrogen (secondary N) is 1. The summed E-state index contributed by atoms with van der Waals surface area (Å²) in [6.45, 7) is 6.01. The molecule has 0 aromatic carbocycles. The Labute approximate surface area is 89.5 Å². The van der Waals surface area contributed by atoms with Crippen LogP contribution in [0.1, 0.15) is 36.2 Å². The summed E-state index contributed by atoms with van der Waals surface area (Å²) >= 11 is 1.72. The number of hydrogen-bond donors (Lipinski definition) is 1. The van der Waals surface area contributed by atoms with Crippen molar-refractivity contribution < 1.29 is 4.74 Å². The van der Waals surface area contributed by atoms with Crippen LogP contribution in [0.15, 0.2) is 6.20 Å². The van der Waals surface area contributed by atoms with Crippen molar-refractivity contribution in [2.75, 3.05) is 13.7 Å². The molecule has 4 heteroatoms. The molecule has 1 atom stereocenters. The number of hydrogen-bond acceptors (Lipinski definition) is 4. The van der Waals surface area contributed by atoms with E-state index < -0.39 is 0 Å². The normalized spacial score (nSPS) is 13.1. The molecule has 3 nitrogen and oxygen atoms in total. The number of ether oxygens (including phenoxy) is 1. The van der Waals surface area contributed by atoms with Crippen molar-refractivity contribution in [2.24, 2.45) is 0 Å². The minimum absolute atomic E-state index is 0.401. The third kappa shape index (κ3) is 3.36. The summed E-state index contributed by atoms with van der Waals surface area (Å²) in [6.07, 6.45) is 3.10. The molecular formula is C10H18N2OS. The smallest absolute Gasteiger partial charge is 0.119 e. The van der Waals surface area contributed by atoms with E-state index in [-0.39, 0.29) is 0 Å². The van der Waals surface area contributed by atoms with Crippen LogP contribution in [-0.4, -0.2) is 18.6 Å². The van der Waals surface area contributed by atoms with E-state index in [2.05, 4.69) is 24.1 Å². The van der Waals surface area contributed by atoms with E-state index in [1.807, 2.05) is 6.20 Å². The topological polar surface area (TPSA) is 34.2 Å². The summed E-state index contributed by atoms with van der Waals surface area (Å²) in [6, 6.07) is 0.401. The van der Waals surface area contributed by atoms with Gasteiger partial charge in [0.2, 0.25) is 0 Å². The highest BCUT2D eigenvalue weighted by molar-refractivity contribution is 7.11. The average Bonchev–Trinajstić information content (AvgIpc) is 2.63. The van der Waals surface area contributed by atoms with Crippen LogP contribution in [0.25, 0.3) is 0 Å². The first-order valence-electron chi connectivity index (χ1n) is 4.94. The second-order valence-electron chi connectivity index (χ2n) is 3.27. The highest BCUT2D eigenvalue weighted by atomic mass is 32.1. The van der Waals surface area contributed by atoms with Crippen molar-refractivity contribution >= 4 is 11.3 Å². The minimum Gasteiger partial charge on any atom is -0.378 e. The lowest BCUT2D eigenvalue weighted by Gasteiger charge is -2.09. The molecule has 1 aromatic rings. The standard InChI is InChI=1S/C10H18N2OS/c1-4-5-11-8(2)9-6-12-10(14-9)7-13-3/h6,8,11H,4-5,7H2,1-3H3. The Balaban J connectivity index is 2.48. The molecule has 1 unspecified atom stereocenters. The van der Waals surface area contributed by atoms with Crippen molar-refractivity contribution in [3.63, 3.8) is 0 Å². The van der Waals surface area contributed by atoms with Crippen LogP contribution in [0.4, 0.5) is 0 Å². The van der Waals surface area contributed by atoms with Gasteiger partial charge >= 0.3 is 0 Å². The van der Waals surface area contributed by atoms with Crippen molar-refractivity contribution in [2.45, 2.75) is 32.9 Å². The molecule has 0 saturated carbocycles. The molecule has 0 spiro atoms. The molecule has 1 rings (SSSR count). The number of rotatable bonds is 6. The molecule has 14 heavy (non-hydrogen) atoms. The highest BCUT2D eigenvalue weighted by Crippen LogP contribution is 2.20. The first kappa shape index (κ1) is 11.6. The van der Waals surface area contributed by atoms with Gasteiger partial charge in [-0.3, -0.25) is 0 Å². The molecule has 1 aromatic heterocycles. The zero-order chi connectivity index (χ0) is 10.4. The molecule has 0 aliphatic carbocycles. The van der Waals surface area contributed by atoms with Gasteiger partial charge in [0.05, 0.1) is 6.61 Å². The van der Waals surface area contributed by atoms with E-state index in [4.69, 9.17) is 4.74 Å². The van der Waals surface area contributed by atoms with Crippen LogP contribution in [0.5, 0.6) is 0 Å². The summed E-state index contributed by atoms with van der Waals surface area (Å²) in [5.74, 6) is 0. The third-order valence-electron chi connectivity index (χ3n) is 1.97. The molecule has 0 aliphatic rings. The van der Waals surface area contributed by atoms with Crippen LogP contribution < -0.4 is 5.32 Å². The molecule has 0 fully saturated rings. The van der Waals surface area contributed by atoms with E-state index in [9.17, 15) is 0 Å². The van der Waals surface area contributed by atoms with Gasteiger partial charge in [0, 0.05) is 24.2 Å². The average molecular weight is 214 g/mol. The number of nitrogens with zero attached hydrogens (tertiary/aromatic N) is 1.